The molecule has 1 heterocycles. The van der Waals surface area contributed by atoms with Crippen LogP contribution in [0.25, 0.3) is 6.08 Å². The highest BCUT2D eigenvalue weighted by Crippen LogP contribution is 2.32. The number of nitrogens with zero attached hydrogens (tertiary/aromatic N) is 2. The standard InChI is InChI=1S/C19H14N2O6S/c1-27-15-4-2-3-12(9-15)10-17-18(23)20(19(24)28-17)11-16(22)13-5-7-14(8-6-13)21(25)26/h2-10H,11H2,1H3/b17-10+. The van der Waals surface area contributed by atoms with Crippen molar-refractivity contribution in [2.24, 2.45) is 0 Å². The van der Waals surface area contributed by atoms with Gasteiger partial charge in [0.25, 0.3) is 16.8 Å². The van der Waals surface area contributed by atoms with Crippen molar-refractivity contribution < 1.29 is 24.0 Å². The molecule has 0 unspecified atom stereocenters. The van der Waals surface area contributed by atoms with E-state index in [1.807, 2.05) is 0 Å². The van der Waals surface area contributed by atoms with Crippen molar-refractivity contribution in [2.45, 2.75) is 0 Å². The number of benzene rings is 2. The number of methoxy groups -OCH3 is 1. The van der Waals surface area contributed by atoms with Crippen LogP contribution in [-0.2, 0) is 4.79 Å². The van der Waals surface area contributed by atoms with Crippen LogP contribution in [-0.4, -0.2) is 40.4 Å². The summed E-state index contributed by atoms with van der Waals surface area (Å²) in [6, 6.07) is 12.0. The fraction of sp³-hybridized carbons (Fsp3) is 0.105. The predicted molar refractivity (Wildman–Crippen MR) is 103 cm³/mol. The van der Waals surface area contributed by atoms with Gasteiger partial charge in [-0.15, -0.1) is 0 Å². The van der Waals surface area contributed by atoms with E-state index in [2.05, 4.69) is 0 Å². The van der Waals surface area contributed by atoms with Gasteiger partial charge in [0, 0.05) is 17.7 Å². The van der Waals surface area contributed by atoms with E-state index in [4.69, 9.17) is 4.74 Å². The van der Waals surface area contributed by atoms with Crippen LogP contribution in [0.3, 0.4) is 0 Å². The first-order valence-electron chi connectivity index (χ1n) is 8.06. The Morgan fingerprint density at radius 2 is 1.93 bits per heavy atom. The number of nitro benzene ring substituents is 1. The third-order valence-electron chi connectivity index (χ3n) is 3.97. The number of amides is 2. The summed E-state index contributed by atoms with van der Waals surface area (Å²) in [5, 5.41) is 10.1. The lowest BCUT2D eigenvalue weighted by atomic mass is 10.1. The van der Waals surface area contributed by atoms with Crippen LogP contribution in [0.2, 0.25) is 0 Å². The summed E-state index contributed by atoms with van der Waals surface area (Å²) < 4.78 is 5.13. The Hall–Kier alpha value is -3.46. The van der Waals surface area contributed by atoms with Crippen molar-refractivity contribution in [3.8, 4) is 5.75 Å². The van der Waals surface area contributed by atoms with Crippen molar-refractivity contribution in [3.63, 3.8) is 0 Å². The van der Waals surface area contributed by atoms with Crippen LogP contribution >= 0.6 is 11.8 Å². The second-order valence-corrected chi connectivity index (χ2v) is 6.76. The number of non-ortho nitro benzene ring substituents is 1. The minimum atomic E-state index is -0.575. The number of nitro groups is 1. The van der Waals surface area contributed by atoms with E-state index in [1.165, 1.54) is 31.4 Å². The number of carbonyl (C=O) groups is 3. The van der Waals surface area contributed by atoms with Crippen LogP contribution in [0.15, 0.2) is 53.4 Å². The monoisotopic (exact) mass is 398 g/mol. The highest BCUT2D eigenvalue weighted by atomic mass is 32.2. The topological polar surface area (TPSA) is 107 Å². The highest BCUT2D eigenvalue weighted by Gasteiger charge is 2.36. The van der Waals surface area contributed by atoms with Gasteiger partial charge in [0.1, 0.15) is 5.75 Å². The lowest BCUT2D eigenvalue weighted by Gasteiger charge is -2.11. The minimum Gasteiger partial charge on any atom is -0.497 e. The Labute approximate surface area is 163 Å². The van der Waals surface area contributed by atoms with E-state index < -0.39 is 28.4 Å². The number of imide groups is 1. The van der Waals surface area contributed by atoms with Gasteiger partial charge in [-0.25, -0.2) is 0 Å². The average Bonchev–Trinajstić information content (AvgIpc) is 2.95. The molecule has 142 valence electrons. The minimum absolute atomic E-state index is 0.149. The van der Waals surface area contributed by atoms with E-state index in [1.54, 1.807) is 30.3 Å². The molecule has 0 aromatic heterocycles. The van der Waals surface area contributed by atoms with Crippen LogP contribution in [0.4, 0.5) is 10.5 Å². The molecule has 3 rings (SSSR count). The van der Waals surface area contributed by atoms with E-state index in [0.29, 0.717) is 11.3 Å². The summed E-state index contributed by atoms with van der Waals surface area (Å²) in [6.07, 6.45) is 1.56. The van der Waals surface area contributed by atoms with Gasteiger partial charge in [0.15, 0.2) is 5.78 Å². The molecule has 0 spiro atoms. The SMILES string of the molecule is COc1cccc(/C=C2/SC(=O)N(CC(=O)c3ccc([N+](=O)[O-])cc3)C2=O)c1. The normalized spacial score (nSPS) is 15.2. The fourth-order valence-electron chi connectivity index (χ4n) is 2.52. The third kappa shape index (κ3) is 4.09. The molecule has 9 heteroatoms. The maximum absolute atomic E-state index is 12.5. The second-order valence-electron chi connectivity index (χ2n) is 5.77. The van der Waals surface area contributed by atoms with Crippen LogP contribution in [0, 0.1) is 10.1 Å². The Morgan fingerprint density at radius 1 is 1.21 bits per heavy atom. The number of rotatable bonds is 6. The third-order valence-corrected chi connectivity index (χ3v) is 4.87. The molecule has 2 aromatic rings. The van der Waals surface area contributed by atoms with Crippen molar-refractivity contribution in [1.29, 1.82) is 0 Å². The first-order valence-corrected chi connectivity index (χ1v) is 8.88. The van der Waals surface area contributed by atoms with Crippen LogP contribution < -0.4 is 4.74 Å². The molecule has 0 N–H and O–H groups in total. The number of ether oxygens (including phenoxy) is 1. The number of carbonyl (C=O) groups excluding carboxylic acids is 3. The molecule has 1 aliphatic heterocycles. The maximum atomic E-state index is 12.5. The summed E-state index contributed by atoms with van der Waals surface area (Å²) in [5.41, 5.74) is 0.719. The van der Waals surface area contributed by atoms with Gasteiger partial charge < -0.3 is 4.74 Å². The molecule has 0 bridgehead atoms. The quantitative estimate of drug-likeness (QED) is 0.317. The van der Waals surface area contributed by atoms with Crippen molar-refractivity contribution in [3.05, 3.63) is 74.7 Å². The van der Waals surface area contributed by atoms with Gasteiger partial charge in [0.2, 0.25) is 0 Å². The molecule has 0 atom stereocenters. The van der Waals surface area contributed by atoms with Crippen molar-refractivity contribution in [2.75, 3.05) is 13.7 Å². The Morgan fingerprint density at radius 3 is 2.57 bits per heavy atom. The summed E-state index contributed by atoms with van der Waals surface area (Å²) in [5.74, 6) is -0.436. The number of thioether (sulfide) groups is 1. The van der Waals surface area contributed by atoms with E-state index in [9.17, 15) is 24.5 Å². The number of hydrogen-bond donors (Lipinski definition) is 0. The molecular weight excluding hydrogens is 384 g/mol. The molecule has 28 heavy (non-hydrogen) atoms. The number of Topliss-reactive ketones (excluding diaryl/α,β-unsaturated/α-hetero) is 1. The molecule has 0 radical (unpaired) electrons. The summed E-state index contributed by atoms with van der Waals surface area (Å²) in [6.45, 7) is -0.433. The maximum Gasteiger partial charge on any atom is 0.293 e. The molecule has 2 amide bonds. The molecular formula is C19H14N2O6S. The molecule has 1 saturated heterocycles. The highest BCUT2D eigenvalue weighted by molar-refractivity contribution is 8.18. The molecule has 1 aliphatic rings. The van der Waals surface area contributed by atoms with Gasteiger partial charge >= 0.3 is 0 Å². The molecule has 0 aliphatic carbocycles. The van der Waals surface area contributed by atoms with E-state index >= 15 is 0 Å². The molecule has 2 aromatic carbocycles. The molecule has 8 nitrogen and oxygen atoms in total. The van der Waals surface area contributed by atoms with Gasteiger partial charge in [-0.05, 0) is 47.7 Å². The van der Waals surface area contributed by atoms with Crippen molar-refractivity contribution >= 4 is 40.5 Å². The zero-order chi connectivity index (χ0) is 20.3. The van der Waals surface area contributed by atoms with Gasteiger partial charge in [-0.2, -0.15) is 0 Å². The Bertz CT molecular complexity index is 1000. The van der Waals surface area contributed by atoms with E-state index in [0.717, 1.165) is 16.7 Å². The van der Waals surface area contributed by atoms with E-state index in [-0.39, 0.29) is 16.2 Å². The van der Waals surface area contributed by atoms with Gasteiger partial charge in [0.05, 0.1) is 23.5 Å². The summed E-state index contributed by atoms with van der Waals surface area (Å²) in [7, 11) is 1.52. The smallest absolute Gasteiger partial charge is 0.293 e. The first kappa shape index (κ1) is 19.3. The van der Waals surface area contributed by atoms with Gasteiger partial charge in [-0.1, -0.05) is 12.1 Å². The molecule has 1 fully saturated rings. The zero-order valence-corrected chi connectivity index (χ0v) is 15.5. The summed E-state index contributed by atoms with van der Waals surface area (Å²) in [4.78, 5) is 48.2. The number of hydrogen-bond acceptors (Lipinski definition) is 7. The second kappa shape index (κ2) is 8.05. The summed E-state index contributed by atoms with van der Waals surface area (Å²) >= 11 is 0.750. The Balaban J connectivity index is 1.75. The number of ketones is 1. The lowest BCUT2D eigenvalue weighted by Crippen LogP contribution is -2.33. The largest absolute Gasteiger partial charge is 0.497 e. The van der Waals surface area contributed by atoms with Crippen LogP contribution in [0.1, 0.15) is 15.9 Å². The Kier molecular flexibility index (Phi) is 5.55. The zero-order valence-electron chi connectivity index (χ0n) is 14.7. The average molecular weight is 398 g/mol. The van der Waals surface area contributed by atoms with Crippen molar-refractivity contribution in [1.82, 2.24) is 4.90 Å². The van der Waals surface area contributed by atoms with Gasteiger partial charge in [-0.3, -0.25) is 29.4 Å². The first-order chi connectivity index (χ1) is 13.4. The predicted octanol–water partition coefficient (Wildman–Crippen LogP) is 3.52. The lowest BCUT2D eigenvalue weighted by molar-refractivity contribution is -0.384. The fourth-order valence-corrected chi connectivity index (χ4v) is 3.36. The molecule has 0 saturated carbocycles. The van der Waals surface area contributed by atoms with Crippen LogP contribution in [0.5, 0.6) is 5.75 Å².